The Kier molecular flexibility index (Phi) is 5.09. The van der Waals surface area contributed by atoms with Crippen LogP contribution in [0.4, 0.5) is 5.82 Å². The summed E-state index contributed by atoms with van der Waals surface area (Å²) in [6.07, 6.45) is 3.38. The predicted octanol–water partition coefficient (Wildman–Crippen LogP) is 2.52. The van der Waals surface area contributed by atoms with Crippen molar-refractivity contribution in [2.75, 3.05) is 31.2 Å². The van der Waals surface area contributed by atoms with Crippen molar-refractivity contribution in [2.45, 2.75) is 19.8 Å². The number of anilines is 1. The Morgan fingerprint density at radius 1 is 1.04 bits per heavy atom. The second kappa shape index (κ2) is 7.66. The van der Waals surface area contributed by atoms with Crippen molar-refractivity contribution in [3.63, 3.8) is 0 Å². The third kappa shape index (κ3) is 3.42. The van der Waals surface area contributed by atoms with E-state index in [1.165, 1.54) is 0 Å². The van der Waals surface area contributed by atoms with Gasteiger partial charge in [0.25, 0.3) is 0 Å². The number of aromatic nitrogens is 3. The molecule has 6 nitrogen and oxygen atoms in total. The first kappa shape index (κ1) is 17.9. The molecule has 1 aromatic carbocycles. The summed E-state index contributed by atoms with van der Waals surface area (Å²) < 4.78 is 1.90. The van der Waals surface area contributed by atoms with Gasteiger partial charge in [-0.3, -0.25) is 0 Å². The average Bonchev–Trinajstić information content (AvgIpc) is 3.26. The van der Waals surface area contributed by atoms with Crippen molar-refractivity contribution in [1.82, 2.24) is 14.6 Å². The fourth-order valence-corrected chi connectivity index (χ4v) is 4.15. The minimum atomic E-state index is 0.184. The molecule has 0 radical (unpaired) electrons. The highest BCUT2D eigenvalue weighted by Crippen LogP contribution is 2.33. The third-order valence-corrected chi connectivity index (χ3v) is 5.60. The lowest BCUT2D eigenvalue weighted by atomic mass is 9.91. The second-order valence-electron chi connectivity index (χ2n) is 7.38. The molecule has 27 heavy (non-hydrogen) atoms. The highest BCUT2D eigenvalue weighted by Gasteiger charge is 2.33. The van der Waals surface area contributed by atoms with Gasteiger partial charge < -0.3 is 15.1 Å². The number of rotatable bonds is 6. The fourth-order valence-electron chi connectivity index (χ4n) is 4.15. The molecular weight excluding hydrogens is 340 g/mol. The fraction of sp³-hybridized carbons (Fsp3) is 0.429. The van der Waals surface area contributed by atoms with Crippen LogP contribution in [0.2, 0.25) is 0 Å². The van der Waals surface area contributed by atoms with Gasteiger partial charge in [0.2, 0.25) is 0 Å². The maximum Gasteiger partial charge on any atom is 0.160 e. The van der Waals surface area contributed by atoms with E-state index in [9.17, 15) is 10.2 Å². The van der Waals surface area contributed by atoms with Gasteiger partial charge in [-0.05, 0) is 31.6 Å². The van der Waals surface area contributed by atoms with Crippen molar-refractivity contribution in [1.29, 1.82) is 0 Å². The lowest BCUT2D eigenvalue weighted by Crippen LogP contribution is -2.22. The van der Waals surface area contributed by atoms with Crippen LogP contribution in [-0.4, -0.2) is 51.1 Å². The molecule has 0 amide bonds. The van der Waals surface area contributed by atoms with E-state index in [2.05, 4.69) is 28.2 Å². The first-order valence-electron chi connectivity index (χ1n) is 9.58. The Morgan fingerprint density at radius 2 is 1.70 bits per heavy atom. The standard InChI is InChI=1S/C21H26N4O2/c1-15-12-22-25-19(16-5-3-2-4-6-16)11-20(23-21(15)25)24-13-17(7-9-26)18(14-24)8-10-27/h2-6,11-12,17-18,26-27H,7-10,13-14H2,1H3/t17-,18+. The SMILES string of the molecule is Cc1cnn2c(-c3ccccc3)cc(N3C[C@@H](CCO)[C@@H](CCO)C3)nc12. The molecular formula is C21H26N4O2. The number of hydrogen-bond donors (Lipinski definition) is 2. The summed E-state index contributed by atoms with van der Waals surface area (Å²) in [4.78, 5) is 7.18. The molecule has 1 fully saturated rings. The number of aliphatic hydroxyl groups excluding tert-OH is 2. The summed E-state index contributed by atoms with van der Waals surface area (Å²) in [5, 5.41) is 23.3. The van der Waals surface area contributed by atoms with Crippen LogP contribution in [0.3, 0.4) is 0 Å². The number of aryl methyl sites for hydroxylation is 1. The zero-order valence-electron chi connectivity index (χ0n) is 15.6. The molecule has 142 valence electrons. The topological polar surface area (TPSA) is 73.9 Å². The molecule has 0 spiro atoms. The summed E-state index contributed by atoms with van der Waals surface area (Å²) in [7, 11) is 0. The van der Waals surface area contributed by atoms with Crippen LogP contribution in [0.1, 0.15) is 18.4 Å². The van der Waals surface area contributed by atoms with Crippen LogP contribution in [-0.2, 0) is 0 Å². The van der Waals surface area contributed by atoms with Crippen molar-refractivity contribution < 1.29 is 10.2 Å². The Labute approximate surface area is 159 Å². The van der Waals surface area contributed by atoms with Gasteiger partial charge in [0.05, 0.1) is 11.9 Å². The van der Waals surface area contributed by atoms with E-state index in [0.29, 0.717) is 11.8 Å². The van der Waals surface area contributed by atoms with Gasteiger partial charge in [-0.25, -0.2) is 9.50 Å². The van der Waals surface area contributed by atoms with Gasteiger partial charge >= 0.3 is 0 Å². The zero-order valence-corrected chi connectivity index (χ0v) is 15.6. The maximum absolute atomic E-state index is 9.40. The van der Waals surface area contributed by atoms with Crippen LogP contribution in [0.25, 0.3) is 16.9 Å². The minimum Gasteiger partial charge on any atom is -0.396 e. The van der Waals surface area contributed by atoms with Crippen LogP contribution < -0.4 is 4.90 Å². The van der Waals surface area contributed by atoms with Gasteiger partial charge in [-0.2, -0.15) is 5.10 Å². The molecule has 2 atom stereocenters. The lowest BCUT2D eigenvalue weighted by Gasteiger charge is -2.19. The van der Waals surface area contributed by atoms with E-state index in [-0.39, 0.29) is 13.2 Å². The average molecular weight is 366 g/mol. The number of hydrogen-bond acceptors (Lipinski definition) is 5. The van der Waals surface area contributed by atoms with E-state index in [4.69, 9.17) is 4.98 Å². The largest absolute Gasteiger partial charge is 0.396 e. The number of fused-ring (bicyclic) bond motifs is 1. The van der Waals surface area contributed by atoms with E-state index in [1.807, 2.05) is 35.8 Å². The highest BCUT2D eigenvalue weighted by molar-refractivity contribution is 5.68. The Bertz CT molecular complexity index is 895. The smallest absolute Gasteiger partial charge is 0.160 e. The minimum absolute atomic E-state index is 0.184. The summed E-state index contributed by atoms with van der Waals surface area (Å²) in [5.74, 6) is 1.70. The molecule has 0 aliphatic carbocycles. The Hall–Kier alpha value is -2.44. The van der Waals surface area contributed by atoms with E-state index < -0.39 is 0 Å². The van der Waals surface area contributed by atoms with E-state index in [0.717, 1.165) is 54.2 Å². The Morgan fingerprint density at radius 3 is 2.33 bits per heavy atom. The second-order valence-corrected chi connectivity index (χ2v) is 7.38. The third-order valence-electron chi connectivity index (χ3n) is 5.60. The normalized spacial score (nSPS) is 19.9. The first-order chi connectivity index (χ1) is 13.2. The highest BCUT2D eigenvalue weighted by atomic mass is 16.3. The summed E-state index contributed by atoms with van der Waals surface area (Å²) >= 11 is 0. The molecule has 6 heteroatoms. The number of benzene rings is 1. The molecule has 0 unspecified atom stereocenters. The van der Waals surface area contributed by atoms with Gasteiger partial charge in [0.15, 0.2) is 5.65 Å². The summed E-state index contributed by atoms with van der Waals surface area (Å²) in [6.45, 7) is 4.11. The molecule has 1 aliphatic heterocycles. The van der Waals surface area contributed by atoms with Gasteiger partial charge in [-0.1, -0.05) is 30.3 Å². The molecule has 0 bridgehead atoms. The van der Waals surface area contributed by atoms with Gasteiger partial charge in [-0.15, -0.1) is 0 Å². The quantitative estimate of drug-likeness (QED) is 0.701. The maximum atomic E-state index is 9.40. The summed E-state index contributed by atoms with van der Waals surface area (Å²) in [6, 6.07) is 12.3. The van der Waals surface area contributed by atoms with Crippen molar-refractivity contribution in [2.24, 2.45) is 11.8 Å². The summed E-state index contributed by atoms with van der Waals surface area (Å²) in [5.41, 5.74) is 4.04. The van der Waals surface area contributed by atoms with E-state index in [1.54, 1.807) is 0 Å². The van der Waals surface area contributed by atoms with Crippen LogP contribution in [0, 0.1) is 18.8 Å². The van der Waals surface area contributed by atoms with Crippen molar-refractivity contribution >= 4 is 11.5 Å². The molecule has 2 aromatic heterocycles. The molecule has 1 aliphatic rings. The van der Waals surface area contributed by atoms with Gasteiger partial charge in [0.1, 0.15) is 5.82 Å². The number of nitrogens with zero attached hydrogens (tertiary/aromatic N) is 4. The van der Waals surface area contributed by atoms with Crippen LogP contribution in [0.5, 0.6) is 0 Å². The molecule has 4 rings (SSSR count). The first-order valence-corrected chi connectivity index (χ1v) is 9.58. The zero-order chi connectivity index (χ0) is 18.8. The van der Waals surface area contributed by atoms with Crippen molar-refractivity contribution in [3.05, 3.63) is 48.2 Å². The van der Waals surface area contributed by atoms with Crippen LogP contribution >= 0.6 is 0 Å². The molecule has 0 saturated carbocycles. The molecule has 2 N–H and O–H groups in total. The lowest BCUT2D eigenvalue weighted by molar-refractivity contribution is 0.210. The van der Waals surface area contributed by atoms with Gasteiger partial charge in [0, 0.05) is 43.5 Å². The van der Waals surface area contributed by atoms with E-state index >= 15 is 0 Å². The molecule has 3 aromatic rings. The van der Waals surface area contributed by atoms with Crippen molar-refractivity contribution in [3.8, 4) is 11.3 Å². The predicted molar refractivity (Wildman–Crippen MR) is 106 cm³/mol. The Balaban J connectivity index is 1.75. The molecule has 1 saturated heterocycles. The van der Waals surface area contributed by atoms with Crippen LogP contribution in [0.15, 0.2) is 42.6 Å². The number of aliphatic hydroxyl groups is 2. The molecule has 3 heterocycles. The monoisotopic (exact) mass is 366 g/mol.